The molecule has 298 valence electrons. The number of hydrogen-bond donors (Lipinski definition) is 0. The van der Waals surface area contributed by atoms with E-state index in [0.29, 0.717) is 5.92 Å². The fourth-order valence-electron chi connectivity index (χ4n) is 9.68. The Morgan fingerprint density at radius 2 is 0.667 bits per heavy atom. The minimum Gasteiger partial charge on any atom is -0.0622 e. The Morgan fingerprint density at radius 1 is 0.238 bits per heavy atom. The largest absolute Gasteiger partial charge is 0.0622 e. The van der Waals surface area contributed by atoms with Gasteiger partial charge in [-0.15, -0.1) is 0 Å². The molecule has 11 rings (SSSR count). The first-order valence-electron chi connectivity index (χ1n) is 22.1. The van der Waals surface area contributed by atoms with Crippen LogP contribution < -0.4 is 0 Å². The summed E-state index contributed by atoms with van der Waals surface area (Å²) in [4.78, 5) is 0. The Balaban J connectivity index is 1.08. The maximum atomic E-state index is 2.44. The van der Waals surface area contributed by atoms with Crippen LogP contribution in [0.3, 0.4) is 0 Å². The standard InChI is InChI=1S/C63H46/c1-42(2)47-20-12-25-52(38-47)62-57-27-8-10-29-59(57)63(60-30-11-9-28-58(60)62)53-36-37-56(51-24-13-21-48(39-51)43-16-4-3-5-17-43)61(41-53)46-34-32-44(33-35-46)49-22-14-23-50(40-49)55-31-15-19-45-18-6-7-26-54(45)55/h3-42H,1-2H3. The smallest absolute Gasteiger partial charge is 0.00261 e. The Hall–Kier alpha value is -7.80. The molecule has 0 unspecified atom stereocenters. The Morgan fingerprint density at radius 3 is 1.30 bits per heavy atom. The molecule has 0 amide bonds. The molecular formula is C63H46. The summed E-state index contributed by atoms with van der Waals surface area (Å²) in [6.45, 7) is 4.55. The fraction of sp³-hybridized carbons (Fsp3) is 0.0476. The molecule has 0 aliphatic heterocycles. The summed E-state index contributed by atoms with van der Waals surface area (Å²) in [7, 11) is 0. The number of rotatable bonds is 8. The highest BCUT2D eigenvalue weighted by Crippen LogP contribution is 2.46. The van der Waals surface area contributed by atoms with Crippen molar-refractivity contribution in [2.75, 3.05) is 0 Å². The van der Waals surface area contributed by atoms with Crippen molar-refractivity contribution < 1.29 is 0 Å². The van der Waals surface area contributed by atoms with E-state index >= 15 is 0 Å². The minimum absolute atomic E-state index is 0.446. The van der Waals surface area contributed by atoms with E-state index in [2.05, 4.69) is 250 Å². The topological polar surface area (TPSA) is 0 Å². The van der Waals surface area contributed by atoms with Gasteiger partial charge in [-0.05, 0) is 140 Å². The normalized spacial score (nSPS) is 11.5. The molecule has 0 aromatic heterocycles. The lowest BCUT2D eigenvalue weighted by atomic mass is 9.83. The molecule has 0 atom stereocenters. The molecule has 0 heteroatoms. The van der Waals surface area contributed by atoms with Crippen molar-refractivity contribution in [3.05, 3.63) is 242 Å². The van der Waals surface area contributed by atoms with Crippen LogP contribution >= 0.6 is 0 Å². The summed E-state index contributed by atoms with van der Waals surface area (Å²) in [5.74, 6) is 0.446. The van der Waals surface area contributed by atoms with E-state index in [-0.39, 0.29) is 0 Å². The van der Waals surface area contributed by atoms with Crippen LogP contribution in [0.5, 0.6) is 0 Å². The molecule has 11 aromatic rings. The van der Waals surface area contributed by atoms with Gasteiger partial charge < -0.3 is 0 Å². The van der Waals surface area contributed by atoms with Gasteiger partial charge in [-0.3, -0.25) is 0 Å². The van der Waals surface area contributed by atoms with Crippen molar-refractivity contribution in [3.8, 4) is 77.9 Å². The molecule has 63 heavy (non-hydrogen) atoms. The van der Waals surface area contributed by atoms with Gasteiger partial charge in [0.15, 0.2) is 0 Å². The average molecular weight is 803 g/mol. The summed E-state index contributed by atoms with van der Waals surface area (Å²) in [5, 5.41) is 7.57. The molecule has 0 aliphatic rings. The van der Waals surface area contributed by atoms with E-state index in [1.807, 2.05) is 0 Å². The van der Waals surface area contributed by atoms with Gasteiger partial charge in [-0.2, -0.15) is 0 Å². The van der Waals surface area contributed by atoms with E-state index in [1.54, 1.807) is 0 Å². The summed E-state index contributed by atoms with van der Waals surface area (Å²) in [6.07, 6.45) is 0. The highest BCUT2D eigenvalue weighted by atomic mass is 14.2. The molecule has 0 nitrogen and oxygen atoms in total. The number of benzene rings is 11. The van der Waals surface area contributed by atoms with Crippen LogP contribution in [0.25, 0.3) is 110 Å². The highest BCUT2D eigenvalue weighted by molar-refractivity contribution is 6.21. The van der Waals surface area contributed by atoms with E-state index in [9.17, 15) is 0 Å². The molecular weight excluding hydrogens is 757 g/mol. The first kappa shape index (κ1) is 38.1. The average Bonchev–Trinajstić information content (AvgIpc) is 3.35. The summed E-state index contributed by atoms with van der Waals surface area (Å²) >= 11 is 0. The Labute approximate surface area is 370 Å². The maximum Gasteiger partial charge on any atom is -0.00261 e. The van der Waals surface area contributed by atoms with Crippen LogP contribution in [-0.4, -0.2) is 0 Å². The maximum absolute atomic E-state index is 2.44. The molecule has 11 aromatic carbocycles. The van der Waals surface area contributed by atoms with E-state index < -0.39 is 0 Å². The lowest BCUT2D eigenvalue weighted by Crippen LogP contribution is -1.94. The zero-order chi connectivity index (χ0) is 42.3. The quantitative estimate of drug-likeness (QED) is 0.134. The van der Waals surface area contributed by atoms with E-state index in [0.717, 1.165) is 0 Å². The van der Waals surface area contributed by atoms with Gasteiger partial charge in [0.1, 0.15) is 0 Å². The van der Waals surface area contributed by atoms with Crippen LogP contribution in [0.1, 0.15) is 25.3 Å². The van der Waals surface area contributed by atoms with Crippen molar-refractivity contribution in [3.63, 3.8) is 0 Å². The molecule has 0 spiro atoms. The highest BCUT2D eigenvalue weighted by Gasteiger charge is 2.19. The third kappa shape index (κ3) is 7.10. The third-order valence-electron chi connectivity index (χ3n) is 12.9. The minimum atomic E-state index is 0.446. The molecule has 0 fully saturated rings. The lowest BCUT2D eigenvalue weighted by Gasteiger charge is -2.20. The van der Waals surface area contributed by atoms with Gasteiger partial charge in [0.05, 0.1) is 0 Å². The van der Waals surface area contributed by atoms with Gasteiger partial charge in [0, 0.05) is 0 Å². The predicted octanol–water partition coefficient (Wildman–Crippen LogP) is 17.9. The molecule has 0 saturated heterocycles. The van der Waals surface area contributed by atoms with Crippen molar-refractivity contribution in [2.45, 2.75) is 19.8 Å². The van der Waals surface area contributed by atoms with Gasteiger partial charge in [0.25, 0.3) is 0 Å². The third-order valence-corrected chi connectivity index (χ3v) is 12.9. The van der Waals surface area contributed by atoms with Crippen LogP contribution in [0.4, 0.5) is 0 Å². The molecule has 0 radical (unpaired) electrons. The summed E-state index contributed by atoms with van der Waals surface area (Å²) < 4.78 is 0. The van der Waals surface area contributed by atoms with Gasteiger partial charge in [0.2, 0.25) is 0 Å². The van der Waals surface area contributed by atoms with Crippen LogP contribution in [0.2, 0.25) is 0 Å². The Bertz CT molecular complexity index is 3400. The van der Waals surface area contributed by atoms with Crippen LogP contribution in [0.15, 0.2) is 237 Å². The number of hydrogen-bond acceptors (Lipinski definition) is 0. The molecule has 0 N–H and O–H groups in total. The zero-order valence-corrected chi connectivity index (χ0v) is 35.6. The lowest BCUT2D eigenvalue weighted by molar-refractivity contribution is 0.867. The predicted molar refractivity (Wildman–Crippen MR) is 271 cm³/mol. The second-order valence-electron chi connectivity index (χ2n) is 17.0. The molecule has 0 heterocycles. The summed E-state index contributed by atoms with van der Waals surface area (Å²) in [5.41, 5.74) is 18.4. The van der Waals surface area contributed by atoms with Crippen LogP contribution in [0, 0.1) is 0 Å². The monoisotopic (exact) mass is 802 g/mol. The second-order valence-corrected chi connectivity index (χ2v) is 17.0. The van der Waals surface area contributed by atoms with Gasteiger partial charge >= 0.3 is 0 Å². The van der Waals surface area contributed by atoms with Crippen LogP contribution in [-0.2, 0) is 0 Å². The molecule has 0 aliphatic carbocycles. The number of fused-ring (bicyclic) bond motifs is 3. The van der Waals surface area contributed by atoms with Crippen molar-refractivity contribution in [1.82, 2.24) is 0 Å². The van der Waals surface area contributed by atoms with Crippen molar-refractivity contribution in [1.29, 1.82) is 0 Å². The fourth-order valence-corrected chi connectivity index (χ4v) is 9.68. The zero-order valence-electron chi connectivity index (χ0n) is 35.6. The van der Waals surface area contributed by atoms with Crippen molar-refractivity contribution in [2.24, 2.45) is 0 Å². The first-order valence-corrected chi connectivity index (χ1v) is 22.1. The second kappa shape index (κ2) is 16.2. The summed E-state index contributed by atoms with van der Waals surface area (Å²) in [6, 6.07) is 87.3. The van der Waals surface area contributed by atoms with Gasteiger partial charge in [-0.25, -0.2) is 0 Å². The Kier molecular flexibility index (Phi) is 9.83. The van der Waals surface area contributed by atoms with Gasteiger partial charge in [-0.1, -0.05) is 232 Å². The van der Waals surface area contributed by atoms with E-state index in [1.165, 1.54) is 116 Å². The van der Waals surface area contributed by atoms with E-state index in [4.69, 9.17) is 0 Å². The first-order chi connectivity index (χ1) is 31.1. The molecule has 0 bridgehead atoms. The molecule has 0 saturated carbocycles. The van der Waals surface area contributed by atoms with Crippen molar-refractivity contribution >= 4 is 32.3 Å². The SMILES string of the molecule is CC(C)c1cccc(-c2c3ccccc3c(-c3ccc(-c4cccc(-c5ccccc5)c4)c(-c4ccc(-c5cccc(-c6cccc7ccccc67)c5)cc4)c3)c3ccccc23)c1.